The summed E-state index contributed by atoms with van der Waals surface area (Å²) in [5, 5.41) is 8.19. The summed E-state index contributed by atoms with van der Waals surface area (Å²) in [6.07, 6.45) is 4.14. The molecule has 1 aliphatic rings. The lowest BCUT2D eigenvalue weighted by molar-refractivity contribution is 0.669. The molecule has 4 aromatic rings. The van der Waals surface area contributed by atoms with Crippen LogP contribution in [0.25, 0.3) is 38.8 Å². The second-order valence-electron chi connectivity index (χ2n) is 5.14. The highest BCUT2D eigenvalue weighted by Gasteiger charge is 2.16. The summed E-state index contributed by atoms with van der Waals surface area (Å²) in [6.45, 7) is 0. The first-order valence-electron chi connectivity index (χ1n) is 6.72. The number of anilines is 1. The zero-order valence-electron chi connectivity index (χ0n) is 10.7. The highest BCUT2D eigenvalue weighted by atomic mass is 16.3. The quantitative estimate of drug-likeness (QED) is 0.472. The SMILES string of the molecule is C1=Cc2c3c(cccc3cc3oc4ccccc4c23)N1. The van der Waals surface area contributed by atoms with Crippen LogP contribution in [-0.4, -0.2) is 0 Å². The van der Waals surface area contributed by atoms with Gasteiger partial charge in [-0.2, -0.15) is 0 Å². The van der Waals surface area contributed by atoms with Crippen LogP contribution in [0.15, 0.2) is 59.1 Å². The molecular weight excluding hydrogens is 246 g/mol. The van der Waals surface area contributed by atoms with E-state index in [9.17, 15) is 0 Å². The summed E-state index contributed by atoms with van der Waals surface area (Å²) in [4.78, 5) is 0. The van der Waals surface area contributed by atoms with E-state index in [0.717, 1.165) is 16.9 Å². The fraction of sp³-hybridized carbons (Fsp3) is 0. The maximum Gasteiger partial charge on any atom is 0.136 e. The molecule has 0 spiro atoms. The van der Waals surface area contributed by atoms with E-state index in [2.05, 4.69) is 47.8 Å². The molecule has 3 aromatic carbocycles. The molecule has 20 heavy (non-hydrogen) atoms. The van der Waals surface area contributed by atoms with E-state index in [-0.39, 0.29) is 0 Å². The second-order valence-corrected chi connectivity index (χ2v) is 5.14. The smallest absolute Gasteiger partial charge is 0.136 e. The summed E-state index contributed by atoms with van der Waals surface area (Å²) in [5.74, 6) is 0. The molecule has 0 fully saturated rings. The molecule has 0 unspecified atom stereocenters. The van der Waals surface area contributed by atoms with Crippen molar-refractivity contribution in [1.29, 1.82) is 0 Å². The van der Waals surface area contributed by atoms with E-state index >= 15 is 0 Å². The van der Waals surface area contributed by atoms with E-state index in [1.165, 1.54) is 27.1 Å². The van der Waals surface area contributed by atoms with Crippen molar-refractivity contribution in [3.05, 3.63) is 60.3 Å². The Morgan fingerprint density at radius 2 is 1.80 bits per heavy atom. The van der Waals surface area contributed by atoms with Crippen LogP contribution >= 0.6 is 0 Å². The largest absolute Gasteiger partial charge is 0.456 e. The second kappa shape index (κ2) is 3.42. The Kier molecular flexibility index (Phi) is 1.73. The summed E-state index contributed by atoms with van der Waals surface area (Å²) in [5.41, 5.74) is 4.31. The number of furan rings is 1. The van der Waals surface area contributed by atoms with Crippen molar-refractivity contribution in [2.75, 3.05) is 5.32 Å². The minimum atomic E-state index is 0.947. The average molecular weight is 257 g/mol. The molecule has 2 heterocycles. The number of nitrogens with one attached hydrogen (secondary N) is 1. The van der Waals surface area contributed by atoms with Gasteiger partial charge in [0.15, 0.2) is 0 Å². The van der Waals surface area contributed by atoms with Crippen molar-refractivity contribution in [2.24, 2.45) is 0 Å². The van der Waals surface area contributed by atoms with Crippen molar-refractivity contribution >= 4 is 44.5 Å². The summed E-state index contributed by atoms with van der Waals surface area (Å²) < 4.78 is 6.01. The van der Waals surface area contributed by atoms with E-state index in [0.29, 0.717) is 0 Å². The molecule has 1 aliphatic heterocycles. The Morgan fingerprint density at radius 3 is 2.80 bits per heavy atom. The van der Waals surface area contributed by atoms with Crippen LogP contribution in [0.4, 0.5) is 5.69 Å². The summed E-state index contributed by atoms with van der Waals surface area (Å²) in [6, 6.07) is 16.7. The highest BCUT2D eigenvalue weighted by molar-refractivity contribution is 6.19. The Bertz CT molecular complexity index is 1020. The number of hydrogen-bond donors (Lipinski definition) is 1. The van der Waals surface area contributed by atoms with Crippen LogP contribution in [0.5, 0.6) is 0 Å². The molecule has 94 valence electrons. The van der Waals surface area contributed by atoms with Crippen LogP contribution in [0, 0.1) is 0 Å². The van der Waals surface area contributed by atoms with Gasteiger partial charge < -0.3 is 9.73 Å². The number of hydrogen-bond acceptors (Lipinski definition) is 2. The van der Waals surface area contributed by atoms with E-state index in [1.807, 2.05) is 18.3 Å². The topological polar surface area (TPSA) is 25.2 Å². The maximum absolute atomic E-state index is 6.01. The summed E-state index contributed by atoms with van der Waals surface area (Å²) >= 11 is 0. The molecule has 0 bridgehead atoms. The zero-order valence-corrected chi connectivity index (χ0v) is 10.7. The molecule has 0 atom stereocenters. The van der Waals surface area contributed by atoms with Crippen molar-refractivity contribution < 1.29 is 4.42 Å². The molecule has 0 aliphatic carbocycles. The van der Waals surface area contributed by atoms with Crippen LogP contribution in [-0.2, 0) is 0 Å². The average Bonchev–Trinajstić information content (AvgIpc) is 2.86. The van der Waals surface area contributed by atoms with Crippen molar-refractivity contribution in [3.63, 3.8) is 0 Å². The van der Waals surface area contributed by atoms with E-state index < -0.39 is 0 Å². The Balaban J connectivity index is 2.15. The molecule has 1 N–H and O–H groups in total. The van der Waals surface area contributed by atoms with Crippen molar-refractivity contribution in [1.82, 2.24) is 0 Å². The molecule has 0 saturated heterocycles. The number of fused-ring (bicyclic) bond motifs is 4. The molecule has 2 nitrogen and oxygen atoms in total. The lowest BCUT2D eigenvalue weighted by Gasteiger charge is -2.14. The number of rotatable bonds is 0. The predicted molar refractivity (Wildman–Crippen MR) is 83.9 cm³/mol. The number of benzene rings is 3. The molecule has 0 saturated carbocycles. The Hall–Kier alpha value is -2.74. The first-order valence-corrected chi connectivity index (χ1v) is 6.72. The fourth-order valence-electron chi connectivity index (χ4n) is 3.20. The highest BCUT2D eigenvalue weighted by Crippen LogP contribution is 2.40. The van der Waals surface area contributed by atoms with Crippen molar-refractivity contribution in [3.8, 4) is 0 Å². The van der Waals surface area contributed by atoms with Gasteiger partial charge in [0.1, 0.15) is 11.2 Å². The van der Waals surface area contributed by atoms with Crippen LogP contribution in [0.1, 0.15) is 5.56 Å². The van der Waals surface area contributed by atoms with Crippen molar-refractivity contribution in [2.45, 2.75) is 0 Å². The van der Waals surface area contributed by atoms with Gasteiger partial charge in [0, 0.05) is 28.0 Å². The van der Waals surface area contributed by atoms with E-state index in [1.54, 1.807) is 0 Å². The standard InChI is InChI=1S/C18H11NO/c1-2-7-15-12(5-1)18-13-8-9-19-14-6-3-4-11(17(13)14)10-16(18)20-15/h1-10,19H. The normalized spacial score (nSPS) is 13.2. The molecule has 5 rings (SSSR count). The van der Waals surface area contributed by atoms with Gasteiger partial charge in [0.05, 0.1) is 0 Å². The predicted octanol–water partition coefficient (Wildman–Crippen LogP) is 5.14. The number of para-hydroxylation sites is 1. The van der Waals surface area contributed by atoms with Gasteiger partial charge in [-0.1, -0.05) is 30.3 Å². The van der Waals surface area contributed by atoms with Gasteiger partial charge in [-0.05, 0) is 35.2 Å². The van der Waals surface area contributed by atoms with Gasteiger partial charge >= 0.3 is 0 Å². The third-order valence-electron chi connectivity index (χ3n) is 4.03. The minimum Gasteiger partial charge on any atom is -0.456 e. The Labute approximate surface area is 115 Å². The minimum absolute atomic E-state index is 0.947. The Morgan fingerprint density at radius 1 is 0.850 bits per heavy atom. The fourth-order valence-corrected chi connectivity index (χ4v) is 3.20. The zero-order chi connectivity index (χ0) is 13.1. The maximum atomic E-state index is 6.01. The third-order valence-corrected chi connectivity index (χ3v) is 4.03. The molecule has 0 radical (unpaired) electrons. The van der Waals surface area contributed by atoms with Gasteiger partial charge in [-0.15, -0.1) is 0 Å². The van der Waals surface area contributed by atoms with E-state index in [4.69, 9.17) is 4.42 Å². The molecular formula is C18H11NO. The van der Waals surface area contributed by atoms with Gasteiger partial charge in [0.25, 0.3) is 0 Å². The first-order chi connectivity index (χ1) is 9.92. The van der Waals surface area contributed by atoms with Crippen LogP contribution in [0.3, 0.4) is 0 Å². The molecule has 1 aromatic heterocycles. The molecule has 2 heteroatoms. The third kappa shape index (κ3) is 1.14. The van der Waals surface area contributed by atoms with Crippen LogP contribution < -0.4 is 5.32 Å². The van der Waals surface area contributed by atoms with Crippen LogP contribution in [0.2, 0.25) is 0 Å². The summed E-state index contributed by atoms with van der Waals surface area (Å²) in [7, 11) is 0. The van der Waals surface area contributed by atoms with Gasteiger partial charge in [-0.25, -0.2) is 0 Å². The lowest BCUT2D eigenvalue weighted by atomic mass is 9.96. The monoisotopic (exact) mass is 257 g/mol. The lowest BCUT2D eigenvalue weighted by Crippen LogP contribution is -1.96. The first kappa shape index (κ1) is 10.1. The van der Waals surface area contributed by atoms with Gasteiger partial charge in [0.2, 0.25) is 0 Å². The van der Waals surface area contributed by atoms with Gasteiger partial charge in [-0.3, -0.25) is 0 Å². The molecule has 0 amide bonds.